The van der Waals surface area contributed by atoms with Crippen LogP contribution < -0.4 is 5.73 Å². The molecule has 2 atom stereocenters. The molecule has 0 aliphatic carbocycles. The number of nitrogens with two attached hydrogens (primary N) is 1. The van der Waals surface area contributed by atoms with Gasteiger partial charge in [-0.15, -0.1) is 0 Å². The van der Waals surface area contributed by atoms with E-state index in [1.54, 1.807) is 24.3 Å². The van der Waals surface area contributed by atoms with Gasteiger partial charge in [0.1, 0.15) is 0 Å². The second kappa shape index (κ2) is 4.92. The van der Waals surface area contributed by atoms with Crippen molar-refractivity contribution in [2.75, 3.05) is 0 Å². The van der Waals surface area contributed by atoms with Gasteiger partial charge in [-0.1, -0.05) is 60.7 Å². The summed E-state index contributed by atoms with van der Waals surface area (Å²) >= 11 is 0. The first-order valence-corrected chi connectivity index (χ1v) is 5.20. The highest BCUT2D eigenvalue weighted by molar-refractivity contribution is 5.25. The smallest absolute Gasteiger partial charge is 0.0982 e. The summed E-state index contributed by atoms with van der Waals surface area (Å²) in [4.78, 5) is 0. The van der Waals surface area contributed by atoms with Gasteiger partial charge >= 0.3 is 0 Å². The van der Waals surface area contributed by atoms with Crippen LogP contribution in [0.5, 0.6) is 0 Å². The normalized spacial score (nSPS) is 17.2. The third-order valence-corrected chi connectivity index (χ3v) is 2.52. The Labute approximate surface area is 96.8 Å². The summed E-state index contributed by atoms with van der Waals surface area (Å²) < 4.78 is 8.14. The summed E-state index contributed by atoms with van der Waals surface area (Å²) in [5.41, 5.74) is 7.17. The summed E-state index contributed by atoms with van der Waals surface area (Å²) in [5, 5.41) is 10.2. The van der Waals surface area contributed by atoms with Gasteiger partial charge in [-0.05, 0) is 11.1 Å². The Morgan fingerprint density at radius 2 is 1.31 bits per heavy atom. The Morgan fingerprint density at radius 1 is 0.875 bits per heavy atom. The minimum atomic E-state index is -1.54. The molecular weight excluding hydrogens is 198 g/mol. The Hall–Kier alpha value is -1.64. The number of aliphatic hydroxyl groups excluding tert-OH is 1. The van der Waals surface area contributed by atoms with Gasteiger partial charge in [-0.25, -0.2) is 0 Å². The molecule has 0 bridgehead atoms. The summed E-state index contributed by atoms with van der Waals surface area (Å²) in [6.07, 6.45) is -1.05. The first-order valence-electron chi connectivity index (χ1n) is 5.70. The molecule has 0 aromatic heterocycles. The first kappa shape index (κ1) is 9.58. The molecule has 0 saturated heterocycles. The molecule has 0 aliphatic heterocycles. The molecule has 0 unspecified atom stereocenters. The van der Waals surface area contributed by atoms with Gasteiger partial charge in [0.25, 0.3) is 0 Å². The molecule has 2 rings (SSSR count). The molecule has 0 aliphatic rings. The van der Waals surface area contributed by atoms with Crippen molar-refractivity contribution in [1.29, 1.82) is 0 Å². The van der Waals surface area contributed by atoms with Crippen molar-refractivity contribution in [3.63, 3.8) is 0 Å². The molecule has 0 radical (unpaired) electrons. The quantitative estimate of drug-likeness (QED) is 0.826. The van der Waals surface area contributed by atoms with Gasteiger partial charge in [-0.3, -0.25) is 0 Å². The monoisotopic (exact) mass is 215 g/mol. The summed E-state index contributed by atoms with van der Waals surface area (Å²) in [5.74, 6) is 0. The Morgan fingerprint density at radius 3 is 1.81 bits per heavy atom. The minimum absolute atomic E-state index is 0.594. The highest BCUT2D eigenvalue weighted by Crippen LogP contribution is 2.25. The Bertz CT molecular complexity index is 470. The molecule has 3 N–H and O–H groups in total. The van der Waals surface area contributed by atoms with Crippen LogP contribution in [0.1, 0.15) is 24.6 Å². The van der Waals surface area contributed by atoms with Crippen LogP contribution in [0, 0.1) is 0 Å². The van der Waals surface area contributed by atoms with Crippen molar-refractivity contribution in [3.8, 4) is 0 Å². The van der Waals surface area contributed by atoms with Crippen molar-refractivity contribution in [3.05, 3.63) is 71.8 Å². The van der Waals surface area contributed by atoms with E-state index in [0.717, 1.165) is 0 Å². The molecule has 0 spiro atoms. The predicted octanol–water partition coefficient (Wildman–Crippen LogP) is 2.42. The summed E-state index contributed by atoms with van der Waals surface area (Å²) in [7, 11) is 0. The molecule has 0 fully saturated rings. The van der Waals surface area contributed by atoms with E-state index in [2.05, 4.69) is 0 Å². The van der Waals surface area contributed by atoms with Crippen molar-refractivity contribution < 1.29 is 6.48 Å². The lowest BCUT2D eigenvalue weighted by Gasteiger charge is -2.19. The third-order valence-electron chi connectivity index (χ3n) is 2.52. The van der Waals surface area contributed by atoms with Crippen LogP contribution in [-0.4, -0.2) is 5.11 Å². The number of aliphatic hydroxyl groups is 1. The van der Waals surface area contributed by atoms with E-state index < -0.39 is 12.1 Å². The highest BCUT2D eigenvalue weighted by atomic mass is 16.3. The van der Waals surface area contributed by atoms with Crippen LogP contribution in [0.4, 0.5) is 0 Å². The van der Waals surface area contributed by atoms with Crippen LogP contribution in [-0.2, 0) is 0 Å². The Kier molecular flexibility index (Phi) is 2.95. The zero-order chi connectivity index (χ0) is 12.3. The second-order valence-electron chi connectivity index (χ2n) is 3.63. The van der Waals surface area contributed by atoms with E-state index in [-0.39, 0.29) is 0 Å². The predicted molar refractivity (Wildman–Crippen MR) is 64.8 cm³/mol. The van der Waals surface area contributed by atoms with Gasteiger partial charge in [-0.2, -0.15) is 0 Å². The SMILES string of the molecule is [3H][C@@](N)(c1ccccc1)[C@H](O)c1ccccc1. The third kappa shape index (κ3) is 2.30. The average molecular weight is 215 g/mol. The molecular formula is C14H15NO. The maximum atomic E-state index is 10.2. The molecule has 82 valence electrons. The lowest BCUT2D eigenvalue weighted by Crippen LogP contribution is -2.19. The maximum absolute atomic E-state index is 10.2. The van der Waals surface area contributed by atoms with Gasteiger partial charge in [0, 0.05) is 0 Å². The molecule has 2 aromatic carbocycles. The number of rotatable bonds is 3. The Balaban J connectivity index is 2.33. The zero-order valence-corrected chi connectivity index (χ0v) is 8.88. The van der Waals surface area contributed by atoms with Gasteiger partial charge < -0.3 is 10.8 Å². The number of hydrogen-bond acceptors (Lipinski definition) is 2. The van der Waals surface area contributed by atoms with E-state index in [9.17, 15) is 5.11 Å². The standard InChI is InChI=1S/C14H15NO/c15-13(11-7-3-1-4-8-11)14(16)12-9-5-2-6-10-12/h1-10,13-14,16H,15H2/t13-,14-/m1/s1/i13T. The van der Waals surface area contributed by atoms with Crippen LogP contribution in [0.3, 0.4) is 0 Å². The van der Waals surface area contributed by atoms with Gasteiger partial charge in [0.15, 0.2) is 0 Å². The van der Waals surface area contributed by atoms with Crippen LogP contribution >= 0.6 is 0 Å². The molecule has 2 nitrogen and oxygen atoms in total. The molecule has 2 heteroatoms. The minimum Gasteiger partial charge on any atom is -0.386 e. The molecule has 2 aromatic rings. The highest BCUT2D eigenvalue weighted by Gasteiger charge is 2.17. The lowest BCUT2D eigenvalue weighted by atomic mass is 9.97. The lowest BCUT2D eigenvalue weighted by molar-refractivity contribution is 0.147. The fraction of sp³-hybridized carbons (Fsp3) is 0.143. The van der Waals surface area contributed by atoms with E-state index in [0.29, 0.717) is 11.1 Å². The molecule has 0 heterocycles. The number of benzene rings is 2. The topological polar surface area (TPSA) is 46.2 Å². The van der Waals surface area contributed by atoms with Crippen molar-refractivity contribution in [1.82, 2.24) is 0 Å². The van der Waals surface area contributed by atoms with Gasteiger partial charge in [0.05, 0.1) is 13.5 Å². The first-order chi connectivity index (χ1) is 8.12. The summed E-state index contributed by atoms with van der Waals surface area (Å²) in [6.45, 7) is 0. The zero-order valence-electron chi connectivity index (χ0n) is 9.88. The van der Waals surface area contributed by atoms with E-state index in [1.165, 1.54) is 0 Å². The van der Waals surface area contributed by atoms with E-state index >= 15 is 0 Å². The molecule has 0 saturated carbocycles. The van der Waals surface area contributed by atoms with Crippen LogP contribution in [0.25, 0.3) is 0 Å². The average Bonchev–Trinajstić information content (AvgIpc) is 2.40. The van der Waals surface area contributed by atoms with E-state index in [4.69, 9.17) is 7.10 Å². The van der Waals surface area contributed by atoms with E-state index in [1.807, 2.05) is 36.4 Å². The van der Waals surface area contributed by atoms with Crippen molar-refractivity contribution >= 4 is 0 Å². The summed E-state index contributed by atoms with van der Waals surface area (Å²) in [6, 6.07) is 16.5. The van der Waals surface area contributed by atoms with Gasteiger partial charge in [0.2, 0.25) is 0 Å². The van der Waals surface area contributed by atoms with Crippen LogP contribution in [0.2, 0.25) is 0 Å². The van der Waals surface area contributed by atoms with Crippen molar-refractivity contribution in [2.45, 2.75) is 12.1 Å². The maximum Gasteiger partial charge on any atom is 0.0982 e. The molecule has 0 amide bonds. The van der Waals surface area contributed by atoms with Crippen LogP contribution in [0.15, 0.2) is 60.7 Å². The fourth-order valence-electron chi connectivity index (χ4n) is 1.60. The second-order valence-corrected chi connectivity index (χ2v) is 3.63. The van der Waals surface area contributed by atoms with Crippen molar-refractivity contribution in [2.24, 2.45) is 5.73 Å². The fourth-order valence-corrected chi connectivity index (χ4v) is 1.60. The number of hydrogen-bond donors (Lipinski definition) is 2. The largest absolute Gasteiger partial charge is 0.386 e. The molecule has 16 heavy (non-hydrogen) atoms.